The number of rotatable bonds is 2. The van der Waals surface area contributed by atoms with Crippen LogP contribution in [0, 0.1) is 5.21 Å². The maximum Gasteiger partial charge on any atom is 0.417 e. The first kappa shape index (κ1) is 16.5. The van der Waals surface area contributed by atoms with Gasteiger partial charge in [-0.25, -0.2) is 8.42 Å². The summed E-state index contributed by atoms with van der Waals surface area (Å²) in [5.74, 6) is -0.969. The Labute approximate surface area is 124 Å². The van der Waals surface area contributed by atoms with Crippen LogP contribution in [0.3, 0.4) is 0 Å². The van der Waals surface area contributed by atoms with Crippen molar-refractivity contribution in [2.45, 2.75) is 37.8 Å². The summed E-state index contributed by atoms with van der Waals surface area (Å²) in [6.07, 6.45) is -3.53. The molecule has 1 aliphatic rings. The van der Waals surface area contributed by atoms with Crippen LogP contribution in [-0.2, 0) is 26.6 Å². The van der Waals surface area contributed by atoms with Gasteiger partial charge in [-0.05, 0) is 13.8 Å². The van der Waals surface area contributed by atoms with Crippen molar-refractivity contribution in [3.05, 3.63) is 34.8 Å². The molecule has 0 radical (unpaired) electrons. The van der Waals surface area contributed by atoms with Gasteiger partial charge in [-0.3, -0.25) is 0 Å². The molecule has 22 heavy (non-hydrogen) atoms. The van der Waals surface area contributed by atoms with Gasteiger partial charge in [0, 0.05) is 18.1 Å². The molecule has 0 N–H and O–H groups in total. The lowest BCUT2D eigenvalue weighted by Crippen LogP contribution is -2.29. The summed E-state index contributed by atoms with van der Waals surface area (Å²) in [5.41, 5.74) is -2.62. The van der Waals surface area contributed by atoms with Crippen LogP contribution in [-0.4, -0.2) is 19.1 Å². The third kappa shape index (κ3) is 3.49. The van der Waals surface area contributed by atoms with Gasteiger partial charge >= 0.3 is 6.18 Å². The molecule has 2 rings (SSSR count). The molecule has 0 spiro atoms. The normalized spacial score (nSPS) is 18.0. The SMILES string of the molecule is CC1(C)CC(S(=O)(=O)Cc2c[n+]([O-])ccc2C(F)(F)F)=NO1. The third-order valence-corrected chi connectivity index (χ3v) is 4.63. The Morgan fingerprint density at radius 3 is 2.59 bits per heavy atom. The van der Waals surface area contributed by atoms with Crippen molar-refractivity contribution >= 4 is 14.9 Å². The Morgan fingerprint density at radius 2 is 2.09 bits per heavy atom. The molecule has 0 unspecified atom stereocenters. The zero-order valence-corrected chi connectivity index (χ0v) is 12.5. The van der Waals surface area contributed by atoms with Crippen LogP contribution >= 0.6 is 0 Å². The lowest BCUT2D eigenvalue weighted by atomic mass is 10.1. The Kier molecular flexibility index (Phi) is 3.84. The zero-order chi connectivity index (χ0) is 16.8. The smallest absolute Gasteiger partial charge is 0.417 e. The quantitative estimate of drug-likeness (QED) is 0.608. The molecule has 0 amide bonds. The van der Waals surface area contributed by atoms with Crippen LogP contribution in [0.1, 0.15) is 31.4 Å². The summed E-state index contributed by atoms with van der Waals surface area (Å²) in [7, 11) is -4.11. The first-order valence-corrected chi connectivity index (χ1v) is 7.83. The van der Waals surface area contributed by atoms with Crippen LogP contribution in [0.5, 0.6) is 0 Å². The number of oxime groups is 1. The van der Waals surface area contributed by atoms with Crippen molar-refractivity contribution in [2.24, 2.45) is 5.16 Å². The summed E-state index contributed by atoms with van der Waals surface area (Å²) < 4.78 is 63.2. The van der Waals surface area contributed by atoms with E-state index in [-0.39, 0.29) is 16.2 Å². The molecular weight excluding hydrogens is 325 g/mol. The third-order valence-electron chi connectivity index (χ3n) is 3.00. The largest absolute Gasteiger partial charge is 0.619 e. The van der Waals surface area contributed by atoms with Crippen molar-refractivity contribution < 1.29 is 31.2 Å². The van der Waals surface area contributed by atoms with Crippen LogP contribution < -0.4 is 4.73 Å². The van der Waals surface area contributed by atoms with Gasteiger partial charge in [0.15, 0.2) is 27.3 Å². The molecule has 0 aromatic carbocycles. The Morgan fingerprint density at radius 1 is 1.45 bits per heavy atom. The summed E-state index contributed by atoms with van der Waals surface area (Å²) in [5, 5.41) is 14.3. The number of sulfone groups is 1. The average Bonchev–Trinajstić information content (AvgIpc) is 2.68. The van der Waals surface area contributed by atoms with E-state index in [2.05, 4.69) is 5.16 Å². The highest BCUT2D eigenvalue weighted by Gasteiger charge is 2.39. The number of aromatic nitrogens is 1. The van der Waals surface area contributed by atoms with Gasteiger partial charge in [-0.2, -0.15) is 17.9 Å². The fourth-order valence-corrected chi connectivity index (χ4v) is 3.50. The topological polar surface area (TPSA) is 82.7 Å². The van der Waals surface area contributed by atoms with Gasteiger partial charge in [0.1, 0.15) is 5.60 Å². The van der Waals surface area contributed by atoms with E-state index in [1.54, 1.807) is 13.8 Å². The van der Waals surface area contributed by atoms with Crippen molar-refractivity contribution in [2.75, 3.05) is 0 Å². The average molecular weight is 338 g/mol. The minimum absolute atomic E-state index is 0.0408. The maximum atomic E-state index is 12.9. The molecule has 1 aromatic heterocycles. The van der Waals surface area contributed by atoms with Crippen LogP contribution in [0.2, 0.25) is 0 Å². The highest BCUT2D eigenvalue weighted by Crippen LogP contribution is 2.33. The maximum absolute atomic E-state index is 12.9. The van der Waals surface area contributed by atoms with Gasteiger partial charge < -0.3 is 10.0 Å². The number of hydrogen-bond donors (Lipinski definition) is 0. The van der Waals surface area contributed by atoms with E-state index in [9.17, 15) is 26.8 Å². The van der Waals surface area contributed by atoms with E-state index in [0.717, 1.165) is 0 Å². The Hall–Kier alpha value is -1.84. The lowest BCUT2D eigenvalue weighted by molar-refractivity contribution is -0.606. The minimum Gasteiger partial charge on any atom is -0.619 e. The van der Waals surface area contributed by atoms with Gasteiger partial charge in [0.25, 0.3) is 0 Å². The summed E-state index contributed by atoms with van der Waals surface area (Å²) in [6, 6.07) is 0.550. The second-order valence-electron chi connectivity index (χ2n) is 5.51. The van der Waals surface area contributed by atoms with E-state index in [1.807, 2.05) is 0 Å². The molecular formula is C12H13F3N2O4S. The molecule has 0 atom stereocenters. The van der Waals surface area contributed by atoms with Crippen molar-refractivity contribution in [1.29, 1.82) is 0 Å². The molecule has 122 valence electrons. The van der Waals surface area contributed by atoms with Crippen molar-refractivity contribution in [3.63, 3.8) is 0 Å². The monoisotopic (exact) mass is 338 g/mol. The second-order valence-corrected chi connectivity index (χ2v) is 7.50. The molecule has 10 heteroatoms. The van der Waals surface area contributed by atoms with E-state index < -0.39 is 38.5 Å². The van der Waals surface area contributed by atoms with Gasteiger partial charge in [-0.15, -0.1) is 0 Å². The fraction of sp³-hybridized carbons (Fsp3) is 0.500. The highest BCUT2D eigenvalue weighted by atomic mass is 32.2. The number of halogens is 3. The second kappa shape index (κ2) is 5.11. The van der Waals surface area contributed by atoms with E-state index in [4.69, 9.17) is 4.84 Å². The molecule has 0 saturated heterocycles. The number of nitrogens with zero attached hydrogens (tertiary/aromatic N) is 2. The van der Waals surface area contributed by atoms with Gasteiger partial charge in [0.05, 0.1) is 11.3 Å². The number of hydrogen-bond acceptors (Lipinski definition) is 5. The van der Waals surface area contributed by atoms with E-state index in [1.165, 1.54) is 0 Å². The van der Waals surface area contributed by atoms with Crippen molar-refractivity contribution in [3.8, 4) is 0 Å². The number of alkyl halides is 3. The Bertz CT molecular complexity index is 726. The number of pyridine rings is 1. The molecule has 1 aliphatic heterocycles. The van der Waals surface area contributed by atoms with Crippen molar-refractivity contribution in [1.82, 2.24) is 0 Å². The molecule has 6 nitrogen and oxygen atoms in total. The lowest BCUT2D eigenvalue weighted by Gasteiger charge is -2.14. The molecule has 0 saturated carbocycles. The first-order chi connectivity index (χ1) is 9.91. The minimum atomic E-state index is -4.76. The predicted molar refractivity (Wildman–Crippen MR) is 70.2 cm³/mol. The van der Waals surface area contributed by atoms with Gasteiger partial charge in [0.2, 0.25) is 0 Å². The first-order valence-electron chi connectivity index (χ1n) is 6.17. The molecule has 0 bridgehead atoms. The van der Waals surface area contributed by atoms with Gasteiger partial charge in [-0.1, -0.05) is 5.16 Å². The molecule has 1 aromatic rings. The predicted octanol–water partition coefficient (Wildman–Crippen LogP) is 1.77. The fourth-order valence-electron chi connectivity index (χ4n) is 1.97. The van der Waals surface area contributed by atoms with E-state index >= 15 is 0 Å². The standard InChI is InChI=1S/C12H13F3N2O4S/c1-11(2)5-10(16-21-11)22(19,20)7-8-6-17(18)4-3-9(8)12(13,14)15/h3-4,6H,5,7H2,1-2H3. The zero-order valence-electron chi connectivity index (χ0n) is 11.7. The summed E-state index contributed by atoms with van der Waals surface area (Å²) in [4.78, 5) is 4.92. The van der Waals surface area contributed by atoms with Crippen LogP contribution in [0.15, 0.2) is 23.6 Å². The highest BCUT2D eigenvalue weighted by molar-refractivity contribution is 8.05. The summed E-state index contributed by atoms with van der Waals surface area (Å²) >= 11 is 0. The van der Waals surface area contributed by atoms with Crippen LogP contribution in [0.4, 0.5) is 13.2 Å². The molecule has 0 aliphatic carbocycles. The Balaban J connectivity index is 2.37. The molecule has 2 heterocycles. The van der Waals surface area contributed by atoms with Crippen LogP contribution in [0.25, 0.3) is 0 Å². The molecule has 0 fully saturated rings. The van der Waals surface area contributed by atoms with E-state index in [0.29, 0.717) is 18.5 Å². The summed E-state index contributed by atoms with van der Waals surface area (Å²) in [6.45, 7) is 3.21.